The number of aromatic nitrogens is 2. The number of benzene rings is 3. The molecule has 2 aliphatic carbocycles. The Morgan fingerprint density at radius 2 is 1.24 bits per heavy atom. The third-order valence-corrected chi connectivity index (χ3v) is 9.74. The third kappa shape index (κ3) is 6.01. The van der Waals surface area contributed by atoms with Crippen molar-refractivity contribution in [3.8, 4) is 30.3 Å². The number of hydrogen-bond acceptors (Lipinski definition) is 7. The first-order valence-electron chi connectivity index (χ1n) is 17.0. The maximum atomic E-state index is 13.8. The first kappa shape index (κ1) is 37.9. The van der Waals surface area contributed by atoms with E-state index in [2.05, 4.69) is 48.8 Å². The van der Waals surface area contributed by atoms with E-state index in [1.165, 1.54) is 36.7 Å². The number of fused-ring (bicyclic) bond motifs is 2. The predicted molar refractivity (Wildman–Crippen MR) is 210 cm³/mol. The van der Waals surface area contributed by atoms with E-state index in [4.69, 9.17) is 19.7 Å². The van der Waals surface area contributed by atoms with Gasteiger partial charge in [-0.2, -0.15) is 39.5 Å². The summed E-state index contributed by atoms with van der Waals surface area (Å²) in [6, 6.07) is 26.9. The summed E-state index contributed by atoms with van der Waals surface area (Å²) < 4.78 is 41.3. The van der Waals surface area contributed by atoms with Gasteiger partial charge in [-0.3, -0.25) is 9.97 Å². The predicted octanol–water partition coefficient (Wildman–Crippen LogP) is 10.4. The highest BCUT2D eigenvalue weighted by Crippen LogP contribution is 2.59. The topological polar surface area (TPSA) is 158 Å². The fraction of sp³-hybridized carbons (Fsp3) is 0.0435. The van der Waals surface area contributed by atoms with Crippen LogP contribution in [0.15, 0.2) is 85.2 Å². The van der Waals surface area contributed by atoms with E-state index < -0.39 is 11.7 Å². The van der Waals surface area contributed by atoms with Gasteiger partial charge >= 0.3 is 6.18 Å². The van der Waals surface area contributed by atoms with Crippen LogP contribution < -0.4 is 0 Å². The lowest BCUT2D eigenvalue weighted by Gasteiger charge is -2.18. The van der Waals surface area contributed by atoms with Gasteiger partial charge in [0.05, 0.1) is 70.6 Å². The number of rotatable bonds is 4. The maximum Gasteiger partial charge on any atom is 0.416 e. The Balaban J connectivity index is 1.73. The van der Waals surface area contributed by atoms with Gasteiger partial charge in [0.1, 0.15) is 24.3 Å². The van der Waals surface area contributed by atoms with Crippen LogP contribution in [-0.4, -0.2) is 9.97 Å². The second-order valence-corrected chi connectivity index (χ2v) is 12.9. The van der Waals surface area contributed by atoms with Crippen LogP contribution in [0, 0.1) is 83.3 Å². The van der Waals surface area contributed by atoms with Crippen molar-refractivity contribution in [1.29, 1.82) is 26.3 Å². The number of nitrogens with zero attached hydrogens (tertiary/aromatic N) is 10. The molecule has 0 fully saturated rings. The number of pyridine rings is 2. The molecule has 2 aromatic heterocycles. The van der Waals surface area contributed by atoms with Gasteiger partial charge in [0.15, 0.2) is 0 Å². The summed E-state index contributed by atoms with van der Waals surface area (Å²) in [5, 5.41) is 53.7. The van der Waals surface area contributed by atoms with Crippen LogP contribution in [0.1, 0.15) is 72.6 Å². The molecular weight excluding hydrogens is 750 g/mol. The summed E-state index contributed by atoms with van der Waals surface area (Å²) in [5.41, 5.74) is -0.968. The molecule has 0 bridgehead atoms. The Kier molecular flexibility index (Phi) is 9.45. The fourth-order valence-electron chi connectivity index (χ4n) is 7.21. The van der Waals surface area contributed by atoms with Gasteiger partial charge in [0.25, 0.3) is 0 Å². The summed E-state index contributed by atoms with van der Waals surface area (Å²) in [4.78, 5) is 19.6. The zero-order valence-electron chi connectivity index (χ0n) is 30.2. The van der Waals surface area contributed by atoms with Crippen molar-refractivity contribution in [1.82, 2.24) is 9.97 Å². The van der Waals surface area contributed by atoms with Gasteiger partial charge < -0.3 is 0 Å². The van der Waals surface area contributed by atoms with E-state index in [1.807, 2.05) is 13.0 Å². The molecule has 0 saturated carbocycles. The van der Waals surface area contributed by atoms with Crippen molar-refractivity contribution in [2.75, 3.05) is 0 Å². The summed E-state index contributed by atoms with van der Waals surface area (Å²) in [6.45, 7) is 26.1. The highest BCUT2D eigenvalue weighted by Gasteiger charge is 2.44. The monoisotopic (exact) mass is 766 g/mol. The molecule has 13 heteroatoms. The van der Waals surface area contributed by atoms with E-state index in [0.29, 0.717) is 5.56 Å². The Bertz CT molecular complexity index is 3180. The molecule has 0 N–H and O–H groups in total. The third-order valence-electron chi connectivity index (χ3n) is 9.74. The van der Waals surface area contributed by atoms with Crippen molar-refractivity contribution in [3.63, 3.8) is 0 Å². The van der Waals surface area contributed by atoms with Crippen LogP contribution in [0.3, 0.4) is 0 Å². The van der Waals surface area contributed by atoms with Crippen molar-refractivity contribution in [3.05, 3.63) is 192 Å². The van der Waals surface area contributed by atoms with Crippen LogP contribution in [-0.2, 0) is 6.18 Å². The highest BCUT2D eigenvalue weighted by molar-refractivity contribution is 6.35. The second kappa shape index (κ2) is 14.7. The Morgan fingerprint density at radius 1 is 0.627 bits per heavy atom. The van der Waals surface area contributed by atoms with Gasteiger partial charge in [0.2, 0.25) is 17.1 Å². The van der Waals surface area contributed by atoms with Gasteiger partial charge in [0, 0.05) is 29.1 Å². The minimum absolute atomic E-state index is 0.0194. The molecule has 10 nitrogen and oxygen atoms in total. The summed E-state index contributed by atoms with van der Waals surface area (Å²) in [5.74, 6) is 0. The molecule has 3 aromatic carbocycles. The van der Waals surface area contributed by atoms with Crippen molar-refractivity contribution >= 4 is 50.5 Å². The van der Waals surface area contributed by atoms with E-state index in [9.17, 15) is 39.5 Å². The number of aryl methyl sites for hydroxylation is 1. The Labute approximate surface area is 334 Å². The average Bonchev–Trinajstić information content (AvgIpc) is 3.77. The Morgan fingerprint density at radius 3 is 1.75 bits per heavy atom. The van der Waals surface area contributed by atoms with Crippen LogP contribution in [0.4, 0.5) is 18.9 Å². The zero-order valence-corrected chi connectivity index (χ0v) is 30.2. The van der Waals surface area contributed by atoms with Crippen molar-refractivity contribution < 1.29 is 13.2 Å². The van der Waals surface area contributed by atoms with E-state index in [1.54, 1.807) is 24.3 Å². The minimum atomic E-state index is -4.72. The van der Waals surface area contributed by atoms with Crippen LogP contribution in [0.5, 0.6) is 0 Å². The smallest absolute Gasteiger partial charge is 0.267 e. The van der Waals surface area contributed by atoms with Crippen molar-refractivity contribution in [2.45, 2.75) is 13.1 Å². The number of nitriles is 5. The van der Waals surface area contributed by atoms with Gasteiger partial charge in [-0.25, -0.2) is 14.5 Å². The maximum absolute atomic E-state index is 13.8. The average molecular weight is 767 g/mol. The number of alkyl halides is 3. The van der Waals surface area contributed by atoms with Crippen molar-refractivity contribution in [2.24, 2.45) is 0 Å². The van der Waals surface area contributed by atoms with Crippen LogP contribution in [0.2, 0.25) is 0 Å². The highest BCUT2D eigenvalue weighted by atomic mass is 19.4. The molecule has 272 valence electrons. The molecule has 5 aromatic rings. The molecule has 0 unspecified atom stereocenters. The molecule has 0 spiro atoms. The van der Waals surface area contributed by atoms with Gasteiger partial charge in [-0.15, -0.1) is 0 Å². The molecule has 59 heavy (non-hydrogen) atoms. The molecule has 0 aliphatic heterocycles. The molecule has 2 aliphatic rings. The van der Waals surface area contributed by atoms with E-state index in [0.717, 1.165) is 29.8 Å². The lowest BCUT2D eigenvalue weighted by atomic mass is 9.82. The quantitative estimate of drug-likeness (QED) is 0.130. The summed E-state index contributed by atoms with van der Waals surface area (Å²) >= 11 is 0. The summed E-state index contributed by atoms with van der Waals surface area (Å²) in [7, 11) is 0. The van der Waals surface area contributed by atoms with Crippen LogP contribution in [0.25, 0.3) is 59.4 Å². The first-order chi connectivity index (χ1) is 28.5. The molecule has 0 atom stereocenters. The van der Waals surface area contributed by atoms with Crippen LogP contribution >= 0.6 is 0 Å². The zero-order chi connectivity index (χ0) is 42.2. The lowest BCUT2D eigenvalue weighted by molar-refractivity contribution is -0.137. The summed E-state index contributed by atoms with van der Waals surface area (Å²) in [6.07, 6.45) is -2.27. The second-order valence-electron chi connectivity index (χ2n) is 12.9. The standard InChI is InChI=1S/C46H17F3N10/c1-24-5-8-27(9-6-24)37-39(30(18-51)34-16-14-29(55-2)23-59-34)41-32(20-53)38-31(19-52)36(26-10-12-28(13-11-26)46(47,48)49)43(40(38)33(21-54)42(41)45(37)57-4)44(56-3)35-15-7-25(17-50)22-58-35/h5-16,22-23H,1H3/b39-30+,44-43-. The molecule has 0 saturated heterocycles. The number of allylic oxidation sites excluding steroid dienone is 6. The molecule has 0 radical (unpaired) electrons. The van der Waals surface area contributed by atoms with E-state index in [-0.39, 0.29) is 106 Å². The first-order valence-corrected chi connectivity index (χ1v) is 17.0. The molecule has 0 amide bonds. The Hall–Kier alpha value is -9.37. The van der Waals surface area contributed by atoms with Gasteiger partial charge in [-0.05, 0) is 76.2 Å². The molecular formula is C46H17F3N10. The SMILES string of the molecule is [C-]#[N+]C1=C(c2ccc(C)cc2)/C(=C(/C#N)c2ccc([N+]#[C-])cn2)c2c(C#N)c3c(c(C#N)c21)/C(=C(\[N+]#[C-])c1ccc(C#N)cn1)C(c1ccc(C(F)(F)F)cc1)=C3C#N. The largest absolute Gasteiger partial charge is 0.416 e. The van der Waals surface area contributed by atoms with Gasteiger partial charge in [-0.1, -0.05) is 48.0 Å². The minimum Gasteiger partial charge on any atom is -0.267 e. The number of halogens is 3. The lowest BCUT2D eigenvalue weighted by Crippen LogP contribution is -2.05. The molecule has 7 rings (SSSR count). The normalized spacial score (nSPS) is 14.2. The fourth-order valence-corrected chi connectivity index (χ4v) is 7.21. The number of hydrogen-bond donors (Lipinski definition) is 0. The van der Waals surface area contributed by atoms with E-state index >= 15 is 0 Å². The molecule has 2 heterocycles.